The molecule has 1 atom stereocenters. The molecular weight excluding hydrogens is 349 g/mol. The Balaban J connectivity index is 0.00000288. The summed E-state index contributed by atoms with van der Waals surface area (Å²) in [6, 6.07) is 4.81. The summed E-state index contributed by atoms with van der Waals surface area (Å²) in [5.74, 6) is -0.534. The highest BCUT2D eigenvalue weighted by molar-refractivity contribution is 5.85. The summed E-state index contributed by atoms with van der Waals surface area (Å²) in [5.41, 5.74) is -0.892. The van der Waals surface area contributed by atoms with Crippen molar-refractivity contribution < 1.29 is 27.8 Å². The van der Waals surface area contributed by atoms with Crippen molar-refractivity contribution in [3.63, 3.8) is 0 Å². The Kier molecular flexibility index (Phi) is 7.31. The van der Waals surface area contributed by atoms with Crippen LogP contribution >= 0.6 is 12.4 Å². The first-order valence-electron chi connectivity index (χ1n) is 7.22. The lowest BCUT2D eigenvalue weighted by Gasteiger charge is -2.31. The van der Waals surface area contributed by atoms with Crippen molar-refractivity contribution in [3.05, 3.63) is 29.8 Å². The van der Waals surface area contributed by atoms with Crippen molar-refractivity contribution in [1.82, 2.24) is 10.2 Å². The fourth-order valence-electron chi connectivity index (χ4n) is 2.25. The van der Waals surface area contributed by atoms with Crippen LogP contribution in [0.2, 0.25) is 0 Å². The first-order valence-corrected chi connectivity index (χ1v) is 7.22. The van der Waals surface area contributed by atoms with Gasteiger partial charge in [-0.1, -0.05) is 12.1 Å². The van der Waals surface area contributed by atoms with Crippen molar-refractivity contribution in [2.24, 2.45) is 5.92 Å². The number of carbonyl (C=O) groups excluding carboxylic acids is 1. The first-order chi connectivity index (χ1) is 10.8. The van der Waals surface area contributed by atoms with Crippen molar-refractivity contribution in [2.45, 2.75) is 12.3 Å². The molecule has 0 saturated carbocycles. The topological polar surface area (TPSA) is 61.8 Å². The highest BCUT2D eigenvalue weighted by Crippen LogP contribution is 2.35. The quantitative estimate of drug-likeness (QED) is 0.799. The number of carbonyl (C=O) groups is 1. The molecule has 1 unspecified atom stereocenters. The summed E-state index contributed by atoms with van der Waals surface area (Å²) < 4.78 is 43.6. The fourth-order valence-corrected chi connectivity index (χ4v) is 2.25. The van der Waals surface area contributed by atoms with Crippen LogP contribution in [0.15, 0.2) is 24.3 Å². The number of benzene rings is 1. The molecule has 1 aliphatic rings. The zero-order chi connectivity index (χ0) is 17.0. The number of aliphatic hydroxyl groups excluding tert-OH is 1. The van der Waals surface area contributed by atoms with Gasteiger partial charge in [-0.3, -0.25) is 4.79 Å². The molecule has 2 N–H and O–H groups in total. The van der Waals surface area contributed by atoms with Gasteiger partial charge in [-0.15, -0.1) is 12.4 Å². The molecule has 136 valence electrons. The summed E-state index contributed by atoms with van der Waals surface area (Å²) >= 11 is 0. The lowest BCUT2D eigenvalue weighted by Crippen LogP contribution is -2.52. The van der Waals surface area contributed by atoms with Crippen LogP contribution in [0.25, 0.3) is 0 Å². The van der Waals surface area contributed by atoms with Crippen LogP contribution in [0.5, 0.6) is 5.75 Å². The Morgan fingerprint density at radius 1 is 1.42 bits per heavy atom. The average molecular weight is 369 g/mol. The van der Waals surface area contributed by atoms with Crippen molar-refractivity contribution >= 4 is 18.3 Å². The van der Waals surface area contributed by atoms with Crippen LogP contribution in [-0.4, -0.2) is 55.3 Å². The number of hydrogen-bond acceptors (Lipinski definition) is 4. The highest BCUT2D eigenvalue weighted by Gasteiger charge is 2.34. The predicted octanol–water partition coefficient (Wildman–Crippen LogP) is 1.54. The Morgan fingerprint density at radius 3 is 2.58 bits per heavy atom. The van der Waals surface area contributed by atoms with Gasteiger partial charge in [0, 0.05) is 26.7 Å². The summed E-state index contributed by atoms with van der Waals surface area (Å²) in [6.07, 6.45) is -5.59. The highest BCUT2D eigenvalue weighted by atomic mass is 35.5. The monoisotopic (exact) mass is 368 g/mol. The van der Waals surface area contributed by atoms with Crippen LogP contribution in [0.3, 0.4) is 0 Å². The Morgan fingerprint density at radius 2 is 2.04 bits per heavy atom. The van der Waals surface area contributed by atoms with E-state index in [1.54, 1.807) is 7.05 Å². The van der Waals surface area contributed by atoms with Crippen molar-refractivity contribution in [3.8, 4) is 5.75 Å². The molecule has 9 heteroatoms. The fraction of sp³-hybridized carbons (Fsp3) is 0.533. The van der Waals surface area contributed by atoms with Gasteiger partial charge < -0.3 is 20.1 Å². The predicted molar refractivity (Wildman–Crippen MR) is 84.2 cm³/mol. The van der Waals surface area contributed by atoms with E-state index in [4.69, 9.17) is 4.74 Å². The number of ether oxygens (including phenoxy) is 1. The van der Waals surface area contributed by atoms with E-state index in [0.29, 0.717) is 13.1 Å². The van der Waals surface area contributed by atoms with Crippen LogP contribution < -0.4 is 10.1 Å². The van der Waals surface area contributed by atoms with Gasteiger partial charge in [0.15, 0.2) is 0 Å². The average Bonchev–Trinajstić information content (AvgIpc) is 2.42. The van der Waals surface area contributed by atoms with Crippen LogP contribution in [0.1, 0.15) is 5.56 Å². The summed E-state index contributed by atoms with van der Waals surface area (Å²) in [7, 11) is 1.55. The maximum absolute atomic E-state index is 12.8. The number of para-hydroxylation sites is 1. The number of likely N-dealkylation sites (N-methyl/N-ethyl adjacent to an activating group) is 1. The molecule has 1 aromatic rings. The van der Waals surface area contributed by atoms with Gasteiger partial charge >= 0.3 is 6.18 Å². The van der Waals surface area contributed by atoms with Gasteiger partial charge in [0.05, 0.1) is 11.5 Å². The number of nitrogens with one attached hydrogen (secondary N) is 1. The van der Waals surface area contributed by atoms with E-state index in [1.165, 1.54) is 23.1 Å². The molecule has 1 saturated heterocycles. The Hall–Kier alpha value is -1.51. The van der Waals surface area contributed by atoms with E-state index in [1.807, 2.05) is 0 Å². The van der Waals surface area contributed by atoms with Crippen LogP contribution in [0, 0.1) is 5.92 Å². The van der Waals surface area contributed by atoms with Crippen molar-refractivity contribution in [1.29, 1.82) is 0 Å². The lowest BCUT2D eigenvalue weighted by molar-refractivity contribution is -0.139. The third-order valence-electron chi connectivity index (χ3n) is 3.62. The number of nitrogens with zero attached hydrogens (tertiary/aromatic N) is 1. The molecule has 24 heavy (non-hydrogen) atoms. The Bertz CT molecular complexity index is 553. The summed E-state index contributed by atoms with van der Waals surface area (Å²) in [4.78, 5) is 13.3. The van der Waals surface area contributed by atoms with Gasteiger partial charge in [0.1, 0.15) is 18.5 Å². The van der Waals surface area contributed by atoms with Gasteiger partial charge in [-0.05, 0) is 12.1 Å². The van der Waals surface area contributed by atoms with E-state index in [9.17, 15) is 23.1 Å². The van der Waals surface area contributed by atoms with E-state index in [0.717, 1.165) is 6.07 Å². The molecule has 1 amide bonds. The molecule has 1 aliphatic heterocycles. The maximum Gasteiger partial charge on any atom is 0.419 e. The second-order valence-electron chi connectivity index (χ2n) is 5.53. The van der Waals surface area contributed by atoms with Crippen LogP contribution in [0.4, 0.5) is 13.2 Å². The number of amides is 1. The second kappa shape index (κ2) is 8.55. The minimum Gasteiger partial charge on any atom is -0.490 e. The molecule has 0 radical (unpaired) electrons. The SMILES string of the molecule is CN(CC(O)COc1ccccc1C(F)(F)F)C(=O)C1CNC1.Cl. The summed E-state index contributed by atoms with van der Waals surface area (Å²) in [5, 5.41) is 12.9. The number of alkyl halides is 3. The molecule has 5 nitrogen and oxygen atoms in total. The van der Waals surface area contributed by atoms with E-state index < -0.39 is 17.8 Å². The van der Waals surface area contributed by atoms with Crippen molar-refractivity contribution in [2.75, 3.05) is 33.3 Å². The van der Waals surface area contributed by atoms with Gasteiger partial charge in [0.25, 0.3) is 0 Å². The van der Waals surface area contributed by atoms with E-state index >= 15 is 0 Å². The molecule has 0 bridgehead atoms. The largest absolute Gasteiger partial charge is 0.490 e. The third-order valence-corrected chi connectivity index (χ3v) is 3.62. The van der Waals surface area contributed by atoms with Gasteiger partial charge in [-0.2, -0.15) is 13.2 Å². The van der Waals surface area contributed by atoms with Gasteiger partial charge in [-0.25, -0.2) is 0 Å². The molecule has 2 rings (SSSR count). The number of rotatable bonds is 6. The number of halogens is 4. The molecule has 0 aromatic heterocycles. The first kappa shape index (κ1) is 20.5. The minimum absolute atomic E-state index is 0. The zero-order valence-electron chi connectivity index (χ0n) is 13.0. The normalized spacial score (nSPS) is 15.9. The summed E-state index contributed by atoms with van der Waals surface area (Å²) in [6.45, 7) is 0.889. The minimum atomic E-state index is -4.52. The third kappa shape index (κ3) is 5.25. The molecular formula is C15H20ClF3N2O3. The second-order valence-corrected chi connectivity index (χ2v) is 5.53. The van der Waals surface area contributed by atoms with Gasteiger partial charge in [0.2, 0.25) is 5.91 Å². The maximum atomic E-state index is 12.8. The molecule has 1 heterocycles. The molecule has 1 fully saturated rings. The lowest BCUT2D eigenvalue weighted by atomic mass is 10.0. The van der Waals surface area contributed by atoms with Crippen LogP contribution in [-0.2, 0) is 11.0 Å². The zero-order valence-corrected chi connectivity index (χ0v) is 13.9. The van der Waals surface area contributed by atoms with E-state index in [2.05, 4.69) is 5.32 Å². The van der Waals surface area contributed by atoms with E-state index in [-0.39, 0.29) is 43.1 Å². The smallest absolute Gasteiger partial charge is 0.419 e. The molecule has 0 spiro atoms. The number of aliphatic hydroxyl groups is 1. The standard InChI is InChI=1S/C15H19F3N2O3.ClH/c1-20(14(22)10-6-19-7-10)8-11(21)9-23-13-5-3-2-4-12(13)15(16,17)18;/h2-5,10-11,19,21H,6-9H2,1H3;1H. The molecule has 1 aromatic carbocycles. The Labute approximate surface area is 144 Å². The number of hydrogen-bond donors (Lipinski definition) is 2. The molecule has 0 aliphatic carbocycles.